The molecule has 0 spiro atoms. The Morgan fingerprint density at radius 1 is 1.07 bits per heavy atom. The molecule has 0 N–H and O–H groups in total. The number of piperazine rings is 1. The van der Waals surface area contributed by atoms with Gasteiger partial charge in [-0.2, -0.15) is 0 Å². The van der Waals surface area contributed by atoms with Gasteiger partial charge in [0, 0.05) is 37.9 Å². The van der Waals surface area contributed by atoms with Gasteiger partial charge in [-0.1, -0.05) is 23.8 Å². The lowest BCUT2D eigenvalue weighted by Crippen LogP contribution is -2.49. The molecule has 3 heterocycles. The second-order valence-electron chi connectivity index (χ2n) is 7.12. The van der Waals surface area contributed by atoms with Crippen molar-refractivity contribution in [2.75, 3.05) is 31.1 Å². The molecule has 0 atom stereocenters. The van der Waals surface area contributed by atoms with E-state index in [-0.39, 0.29) is 12.3 Å². The number of pyridine rings is 1. The summed E-state index contributed by atoms with van der Waals surface area (Å²) in [4.78, 5) is 25.9. The minimum absolute atomic E-state index is 0.0906. The molecule has 28 heavy (non-hydrogen) atoms. The number of amides is 1. The van der Waals surface area contributed by atoms with E-state index in [4.69, 9.17) is 4.42 Å². The highest BCUT2D eigenvalue weighted by Gasteiger charge is 2.24. The highest BCUT2D eigenvalue weighted by atomic mass is 16.4. The van der Waals surface area contributed by atoms with Gasteiger partial charge < -0.3 is 14.2 Å². The summed E-state index contributed by atoms with van der Waals surface area (Å²) in [5, 5.41) is 0. The topological polar surface area (TPSA) is 62.5 Å². The molecule has 2 aromatic heterocycles. The van der Waals surface area contributed by atoms with Crippen LogP contribution in [0.2, 0.25) is 0 Å². The van der Waals surface area contributed by atoms with Gasteiger partial charge in [-0.25, -0.2) is 9.97 Å². The molecule has 0 unspecified atom stereocenters. The van der Waals surface area contributed by atoms with Crippen molar-refractivity contribution < 1.29 is 9.21 Å². The van der Waals surface area contributed by atoms with Crippen LogP contribution in [-0.4, -0.2) is 47.0 Å². The van der Waals surface area contributed by atoms with Crippen molar-refractivity contribution >= 4 is 11.7 Å². The summed E-state index contributed by atoms with van der Waals surface area (Å²) in [5.74, 6) is 2.33. The van der Waals surface area contributed by atoms with Crippen molar-refractivity contribution in [3.8, 4) is 11.5 Å². The van der Waals surface area contributed by atoms with E-state index in [1.165, 1.54) is 0 Å². The van der Waals surface area contributed by atoms with Gasteiger partial charge in [0.05, 0.1) is 12.1 Å². The van der Waals surface area contributed by atoms with Crippen molar-refractivity contribution in [3.63, 3.8) is 0 Å². The van der Waals surface area contributed by atoms with Crippen LogP contribution in [0.25, 0.3) is 11.5 Å². The zero-order chi connectivity index (χ0) is 19.5. The normalized spacial score (nSPS) is 14.4. The van der Waals surface area contributed by atoms with Gasteiger partial charge in [0.2, 0.25) is 11.8 Å². The van der Waals surface area contributed by atoms with Gasteiger partial charge in [0.25, 0.3) is 0 Å². The number of hydrogen-bond donors (Lipinski definition) is 0. The van der Waals surface area contributed by atoms with E-state index in [0.29, 0.717) is 30.4 Å². The number of carbonyl (C=O) groups excluding carboxylic acids is 1. The number of aromatic nitrogens is 2. The molecular weight excluding hydrogens is 352 g/mol. The van der Waals surface area contributed by atoms with E-state index in [1.54, 1.807) is 6.20 Å². The van der Waals surface area contributed by atoms with Crippen molar-refractivity contribution in [2.24, 2.45) is 0 Å². The summed E-state index contributed by atoms with van der Waals surface area (Å²) >= 11 is 0. The predicted molar refractivity (Wildman–Crippen MR) is 108 cm³/mol. The van der Waals surface area contributed by atoms with Gasteiger partial charge in [-0.15, -0.1) is 0 Å². The number of hydrogen-bond acceptors (Lipinski definition) is 5. The second kappa shape index (κ2) is 7.84. The minimum atomic E-state index is 0.0906. The van der Waals surface area contributed by atoms with Gasteiger partial charge in [-0.05, 0) is 38.1 Å². The number of anilines is 1. The maximum atomic E-state index is 12.8. The SMILES string of the molecule is Cc1cccc(-c2nc(CC(=O)N3CCN(c4ccccn4)CC3)c(C)o2)c1. The van der Waals surface area contributed by atoms with E-state index in [9.17, 15) is 4.79 Å². The molecule has 0 bridgehead atoms. The van der Waals surface area contributed by atoms with Crippen LogP contribution < -0.4 is 4.90 Å². The predicted octanol–water partition coefficient (Wildman–Crippen LogP) is 3.24. The van der Waals surface area contributed by atoms with E-state index in [0.717, 1.165) is 30.0 Å². The van der Waals surface area contributed by atoms with Crippen LogP contribution in [0, 0.1) is 13.8 Å². The number of nitrogens with zero attached hydrogens (tertiary/aromatic N) is 4. The molecule has 4 rings (SSSR count). The van der Waals surface area contributed by atoms with Gasteiger partial charge in [-0.3, -0.25) is 4.79 Å². The average Bonchev–Trinajstić information content (AvgIpc) is 3.09. The van der Waals surface area contributed by atoms with E-state index in [1.807, 2.05) is 61.2 Å². The Labute approximate surface area is 164 Å². The first-order chi connectivity index (χ1) is 13.6. The molecule has 0 aliphatic carbocycles. The molecule has 1 saturated heterocycles. The lowest BCUT2D eigenvalue weighted by Gasteiger charge is -2.35. The third-order valence-corrected chi connectivity index (χ3v) is 5.08. The molecule has 0 radical (unpaired) electrons. The Morgan fingerprint density at radius 3 is 2.61 bits per heavy atom. The first-order valence-electron chi connectivity index (χ1n) is 9.57. The number of benzene rings is 1. The van der Waals surface area contributed by atoms with E-state index in [2.05, 4.69) is 14.9 Å². The third-order valence-electron chi connectivity index (χ3n) is 5.08. The Kier molecular flexibility index (Phi) is 5.10. The second-order valence-corrected chi connectivity index (χ2v) is 7.12. The number of aryl methyl sites for hydroxylation is 2. The standard InChI is InChI=1S/C22H24N4O2/c1-16-6-5-7-18(14-16)22-24-19(17(2)28-22)15-21(27)26-12-10-25(11-13-26)20-8-3-4-9-23-20/h3-9,14H,10-13,15H2,1-2H3. The molecular formula is C22H24N4O2. The summed E-state index contributed by atoms with van der Waals surface area (Å²) in [5.41, 5.74) is 2.80. The molecule has 1 amide bonds. The first-order valence-corrected chi connectivity index (χ1v) is 9.57. The fourth-order valence-corrected chi connectivity index (χ4v) is 3.47. The Bertz CT molecular complexity index is 960. The molecule has 1 aliphatic heterocycles. The first kappa shape index (κ1) is 18.2. The molecule has 1 aromatic carbocycles. The van der Waals surface area contributed by atoms with Crippen LogP contribution in [0.15, 0.2) is 53.1 Å². The Morgan fingerprint density at radius 2 is 1.89 bits per heavy atom. The molecule has 6 nitrogen and oxygen atoms in total. The van der Waals surface area contributed by atoms with Gasteiger partial charge in [0.1, 0.15) is 11.6 Å². The summed E-state index contributed by atoms with van der Waals surface area (Å²) < 4.78 is 5.82. The quantitative estimate of drug-likeness (QED) is 0.699. The largest absolute Gasteiger partial charge is 0.441 e. The lowest BCUT2D eigenvalue weighted by molar-refractivity contribution is -0.130. The molecule has 0 saturated carbocycles. The smallest absolute Gasteiger partial charge is 0.228 e. The van der Waals surface area contributed by atoms with Crippen molar-refractivity contribution in [2.45, 2.75) is 20.3 Å². The zero-order valence-corrected chi connectivity index (χ0v) is 16.3. The summed E-state index contributed by atoms with van der Waals surface area (Å²) in [6, 6.07) is 13.9. The fourth-order valence-electron chi connectivity index (χ4n) is 3.47. The zero-order valence-electron chi connectivity index (χ0n) is 16.3. The Balaban J connectivity index is 1.39. The summed E-state index contributed by atoms with van der Waals surface area (Å²) in [7, 11) is 0. The molecule has 1 aliphatic rings. The summed E-state index contributed by atoms with van der Waals surface area (Å²) in [6.07, 6.45) is 2.07. The monoisotopic (exact) mass is 376 g/mol. The average molecular weight is 376 g/mol. The lowest BCUT2D eigenvalue weighted by atomic mass is 10.1. The number of rotatable bonds is 4. The van der Waals surface area contributed by atoms with Crippen LogP contribution in [0.4, 0.5) is 5.82 Å². The maximum Gasteiger partial charge on any atom is 0.228 e. The summed E-state index contributed by atoms with van der Waals surface area (Å²) in [6.45, 7) is 6.86. The van der Waals surface area contributed by atoms with Crippen LogP contribution in [0.1, 0.15) is 17.0 Å². The van der Waals surface area contributed by atoms with Crippen LogP contribution in [0.5, 0.6) is 0 Å². The molecule has 3 aromatic rings. The minimum Gasteiger partial charge on any atom is -0.441 e. The van der Waals surface area contributed by atoms with Crippen molar-refractivity contribution in [1.29, 1.82) is 0 Å². The fraction of sp³-hybridized carbons (Fsp3) is 0.318. The molecule has 144 valence electrons. The van der Waals surface area contributed by atoms with E-state index >= 15 is 0 Å². The van der Waals surface area contributed by atoms with E-state index < -0.39 is 0 Å². The van der Waals surface area contributed by atoms with Crippen LogP contribution in [0.3, 0.4) is 0 Å². The van der Waals surface area contributed by atoms with Crippen LogP contribution in [-0.2, 0) is 11.2 Å². The highest BCUT2D eigenvalue weighted by Crippen LogP contribution is 2.23. The Hall–Kier alpha value is -3.15. The van der Waals surface area contributed by atoms with Crippen molar-refractivity contribution in [1.82, 2.24) is 14.9 Å². The van der Waals surface area contributed by atoms with Crippen molar-refractivity contribution in [3.05, 3.63) is 65.7 Å². The maximum absolute atomic E-state index is 12.8. The van der Waals surface area contributed by atoms with Gasteiger partial charge >= 0.3 is 0 Å². The molecule has 6 heteroatoms. The van der Waals surface area contributed by atoms with Gasteiger partial charge in [0.15, 0.2) is 0 Å². The highest BCUT2D eigenvalue weighted by molar-refractivity contribution is 5.79. The number of carbonyl (C=O) groups is 1. The number of oxazole rings is 1. The van der Waals surface area contributed by atoms with Crippen LogP contribution >= 0.6 is 0 Å². The molecule has 1 fully saturated rings. The third kappa shape index (κ3) is 3.91.